The van der Waals surface area contributed by atoms with Gasteiger partial charge in [-0.3, -0.25) is 4.98 Å². The fourth-order valence-corrected chi connectivity index (χ4v) is 1.78. The number of aromatic carboxylic acids is 1. The van der Waals surface area contributed by atoms with E-state index in [0.717, 1.165) is 12.1 Å². The molecule has 0 bridgehead atoms. The minimum absolute atomic E-state index is 0.0168. The molecule has 19 heavy (non-hydrogen) atoms. The normalized spacial score (nSPS) is 10.5. The SMILES string of the molecule is Cc1cc(F)c(-c2ccc(C(=O)O)c(C)n2)cc1F. The Hall–Kier alpha value is -2.30. The highest BCUT2D eigenvalue weighted by Gasteiger charge is 2.14. The lowest BCUT2D eigenvalue weighted by Crippen LogP contribution is -2.03. The molecule has 0 saturated carbocycles. The summed E-state index contributed by atoms with van der Waals surface area (Å²) in [4.78, 5) is 14.9. The van der Waals surface area contributed by atoms with Crippen LogP contribution in [0.5, 0.6) is 0 Å². The van der Waals surface area contributed by atoms with Crippen LogP contribution in [0.3, 0.4) is 0 Å². The Morgan fingerprint density at radius 3 is 2.42 bits per heavy atom. The highest BCUT2D eigenvalue weighted by atomic mass is 19.1. The average Bonchev–Trinajstić information content (AvgIpc) is 2.33. The number of pyridine rings is 1. The molecule has 1 heterocycles. The Balaban J connectivity index is 2.57. The van der Waals surface area contributed by atoms with Crippen LogP contribution < -0.4 is 0 Å². The third-order valence-corrected chi connectivity index (χ3v) is 2.84. The van der Waals surface area contributed by atoms with Crippen molar-refractivity contribution < 1.29 is 18.7 Å². The molecule has 1 aromatic heterocycles. The van der Waals surface area contributed by atoms with Crippen LogP contribution in [0.15, 0.2) is 24.3 Å². The molecule has 1 aromatic carbocycles. The zero-order valence-corrected chi connectivity index (χ0v) is 10.4. The maximum Gasteiger partial charge on any atom is 0.337 e. The van der Waals surface area contributed by atoms with Gasteiger partial charge in [-0.05, 0) is 43.7 Å². The van der Waals surface area contributed by atoms with E-state index in [9.17, 15) is 13.6 Å². The Labute approximate surface area is 108 Å². The fourth-order valence-electron chi connectivity index (χ4n) is 1.78. The molecule has 5 heteroatoms. The minimum atomic E-state index is -1.10. The number of rotatable bonds is 2. The first-order valence-corrected chi connectivity index (χ1v) is 5.57. The van der Waals surface area contributed by atoms with Gasteiger partial charge in [0.15, 0.2) is 0 Å². The third-order valence-electron chi connectivity index (χ3n) is 2.84. The van der Waals surface area contributed by atoms with Crippen molar-refractivity contribution in [2.45, 2.75) is 13.8 Å². The van der Waals surface area contributed by atoms with Crippen LogP contribution in [0.1, 0.15) is 21.6 Å². The van der Waals surface area contributed by atoms with Crippen molar-refractivity contribution in [1.29, 1.82) is 0 Å². The van der Waals surface area contributed by atoms with Gasteiger partial charge in [-0.1, -0.05) is 0 Å². The summed E-state index contributed by atoms with van der Waals surface area (Å²) in [6, 6.07) is 4.85. The molecule has 0 saturated heterocycles. The molecule has 2 aromatic rings. The number of carboxylic acids is 1. The van der Waals surface area contributed by atoms with Gasteiger partial charge in [0.05, 0.1) is 17.0 Å². The van der Waals surface area contributed by atoms with E-state index in [1.807, 2.05) is 0 Å². The topological polar surface area (TPSA) is 50.2 Å². The first kappa shape index (κ1) is 13.1. The van der Waals surface area contributed by atoms with Crippen molar-refractivity contribution in [2.24, 2.45) is 0 Å². The number of aryl methyl sites for hydroxylation is 2. The second kappa shape index (κ2) is 4.76. The zero-order valence-electron chi connectivity index (χ0n) is 10.4. The molecule has 0 aliphatic carbocycles. The number of carbonyl (C=O) groups is 1. The molecule has 3 nitrogen and oxygen atoms in total. The summed E-state index contributed by atoms with van der Waals surface area (Å²) in [5, 5.41) is 8.89. The standard InChI is InChI=1S/C14H11F2NO2/c1-7-5-12(16)10(6-11(7)15)13-4-3-9(14(18)19)8(2)17-13/h3-6H,1-2H3,(H,18,19). The van der Waals surface area contributed by atoms with E-state index >= 15 is 0 Å². The van der Waals surface area contributed by atoms with E-state index in [4.69, 9.17) is 5.11 Å². The molecular weight excluding hydrogens is 252 g/mol. The Kier molecular flexibility index (Phi) is 3.29. The number of halogens is 2. The molecule has 0 fully saturated rings. The summed E-state index contributed by atoms with van der Waals surface area (Å²) in [5.41, 5.74) is 0.726. The lowest BCUT2D eigenvalue weighted by molar-refractivity contribution is 0.0695. The summed E-state index contributed by atoms with van der Waals surface area (Å²) >= 11 is 0. The van der Waals surface area contributed by atoms with Gasteiger partial charge < -0.3 is 5.11 Å². The molecule has 0 spiro atoms. The van der Waals surface area contributed by atoms with Gasteiger partial charge in [0.25, 0.3) is 0 Å². The summed E-state index contributed by atoms with van der Waals surface area (Å²) in [5.74, 6) is -2.22. The quantitative estimate of drug-likeness (QED) is 0.904. The number of hydrogen-bond donors (Lipinski definition) is 1. The van der Waals surface area contributed by atoms with Crippen molar-refractivity contribution in [1.82, 2.24) is 4.98 Å². The predicted octanol–water partition coefficient (Wildman–Crippen LogP) is 3.34. The summed E-state index contributed by atoms with van der Waals surface area (Å²) in [6.07, 6.45) is 0. The Morgan fingerprint density at radius 2 is 1.84 bits per heavy atom. The van der Waals surface area contributed by atoms with Gasteiger partial charge >= 0.3 is 5.97 Å². The molecule has 0 unspecified atom stereocenters. The van der Waals surface area contributed by atoms with Crippen LogP contribution in [-0.4, -0.2) is 16.1 Å². The van der Waals surface area contributed by atoms with Crippen LogP contribution >= 0.6 is 0 Å². The van der Waals surface area contributed by atoms with Crippen molar-refractivity contribution in [2.75, 3.05) is 0 Å². The molecule has 0 atom stereocenters. The summed E-state index contributed by atoms with van der Waals surface area (Å²) in [6.45, 7) is 2.98. The lowest BCUT2D eigenvalue weighted by Gasteiger charge is -2.07. The Bertz CT molecular complexity index is 669. The van der Waals surface area contributed by atoms with Crippen LogP contribution in [0.25, 0.3) is 11.3 Å². The number of carboxylic acid groups (broad SMARTS) is 1. The molecule has 98 valence electrons. The fraction of sp³-hybridized carbons (Fsp3) is 0.143. The summed E-state index contributed by atoms with van der Waals surface area (Å²) < 4.78 is 27.2. The van der Waals surface area contributed by atoms with E-state index < -0.39 is 17.6 Å². The van der Waals surface area contributed by atoms with Crippen LogP contribution in [0, 0.1) is 25.5 Å². The van der Waals surface area contributed by atoms with Crippen molar-refractivity contribution in [3.8, 4) is 11.3 Å². The molecule has 0 amide bonds. The first-order valence-electron chi connectivity index (χ1n) is 5.57. The second-order valence-corrected chi connectivity index (χ2v) is 4.22. The largest absolute Gasteiger partial charge is 0.478 e. The molecule has 0 aliphatic rings. The van der Waals surface area contributed by atoms with E-state index in [-0.39, 0.29) is 28.1 Å². The monoisotopic (exact) mass is 263 g/mol. The predicted molar refractivity (Wildman–Crippen MR) is 66.0 cm³/mol. The van der Waals surface area contributed by atoms with E-state index in [1.165, 1.54) is 26.0 Å². The molecule has 0 aliphatic heterocycles. The van der Waals surface area contributed by atoms with Gasteiger partial charge in [0.2, 0.25) is 0 Å². The molecule has 0 radical (unpaired) electrons. The summed E-state index contributed by atoms with van der Waals surface area (Å²) in [7, 11) is 0. The lowest BCUT2D eigenvalue weighted by atomic mass is 10.1. The van der Waals surface area contributed by atoms with Gasteiger partial charge in [-0.25, -0.2) is 13.6 Å². The molecule has 1 N–H and O–H groups in total. The van der Waals surface area contributed by atoms with Crippen molar-refractivity contribution in [3.63, 3.8) is 0 Å². The zero-order chi connectivity index (χ0) is 14.2. The molecular formula is C14H11F2NO2. The third kappa shape index (κ3) is 2.45. The van der Waals surface area contributed by atoms with Crippen LogP contribution in [0.4, 0.5) is 8.78 Å². The molecule has 2 rings (SSSR count). The smallest absolute Gasteiger partial charge is 0.337 e. The van der Waals surface area contributed by atoms with Crippen molar-refractivity contribution >= 4 is 5.97 Å². The highest BCUT2D eigenvalue weighted by molar-refractivity contribution is 5.89. The maximum absolute atomic E-state index is 13.8. The maximum atomic E-state index is 13.8. The minimum Gasteiger partial charge on any atom is -0.478 e. The van der Waals surface area contributed by atoms with Gasteiger partial charge in [-0.2, -0.15) is 0 Å². The van der Waals surface area contributed by atoms with Crippen LogP contribution in [-0.2, 0) is 0 Å². The number of hydrogen-bond acceptors (Lipinski definition) is 2. The van der Waals surface area contributed by atoms with E-state index in [1.54, 1.807) is 0 Å². The number of aromatic nitrogens is 1. The Morgan fingerprint density at radius 1 is 1.16 bits per heavy atom. The van der Waals surface area contributed by atoms with E-state index in [2.05, 4.69) is 4.98 Å². The van der Waals surface area contributed by atoms with Gasteiger partial charge in [0, 0.05) is 5.56 Å². The second-order valence-electron chi connectivity index (χ2n) is 4.22. The van der Waals surface area contributed by atoms with Gasteiger partial charge in [0.1, 0.15) is 11.6 Å². The number of nitrogens with zero attached hydrogens (tertiary/aromatic N) is 1. The first-order chi connectivity index (χ1) is 8.90. The van der Waals surface area contributed by atoms with Crippen LogP contribution in [0.2, 0.25) is 0 Å². The highest BCUT2D eigenvalue weighted by Crippen LogP contribution is 2.25. The van der Waals surface area contributed by atoms with E-state index in [0.29, 0.717) is 0 Å². The number of benzene rings is 1. The van der Waals surface area contributed by atoms with Crippen molar-refractivity contribution in [3.05, 3.63) is 52.7 Å². The average molecular weight is 263 g/mol. The van der Waals surface area contributed by atoms with Gasteiger partial charge in [-0.15, -0.1) is 0 Å².